The van der Waals surface area contributed by atoms with Gasteiger partial charge >= 0.3 is 6.18 Å². The summed E-state index contributed by atoms with van der Waals surface area (Å²) in [7, 11) is 0. The molecule has 2 saturated carbocycles. The molecule has 94 valence electrons. The van der Waals surface area contributed by atoms with E-state index in [0.717, 1.165) is 32.1 Å². The van der Waals surface area contributed by atoms with Crippen LogP contribution in [0.15, 0.2) is 0 Å². The van der Waals surface area contributed by atoms with E-state index < -0.39 is 12.7 Å². The van der Waals surface area contributed by atoms with Gasteiger partial charge in [-0.2, -0.15) is 13.2 Å². The van der Waals surface area contributed by atoms with Crippen molar-refractivity contribution in [3.05, 3.63) is 0 Å². The standard InChI is InChI=1S/C11H19F3N2/c12-11(13,14)7-16(9-4-5-9)10-3-1-2-8(10)6-15/h8-10H,1-7,15H2. The summed E-state index contributed by atoms with van der Waals surface area (Å²) in [5.74, 6) is 0.267. The Morgan fingerprint density at radius 3 is 2.31 bits per heavy atom. The predicted octanol–water partition coefficient (Wildman–Crippen LogP) is 2.14. The molecule has 2 atom stereocenters. The van der Waals surface area contributed by atoms with Gasteiger partial charge in [0.1, 0.15) is 0 Å². The Morgan fingerprint density at radius 2 is 1.81 bits per heavy atom. The molecule has 0 aromatic heterocycles. The van der Waals surface area contributed by atoms with Crippen LogP contribution >= 0.6 is 0 Å². The molecule has 2 unspecified atom stereocenters. The van der Waals surface area contributed by atoms with Gasteiger partial charge in [0.15, 0.2) is 0 Å². The second-order valence-electron chi connectivity index (χ2n) is 5.01. The van der Waals surface area contributed by atoms with Crippen molar-refractivity contribution in [1.82, 2.24) is 4.90 Å². The molecule has 0 bridgehead atoms. The van der Waals surface area contributed by atoms with Crippen molar-refractivity contribution in [1.29, 1.82) is 0 Å². The molecule has 0 aromatic rings. The van der Waals surface area contributed by atoms with Gasteiger partial charge in [0.2, 0.25) is 0 Å². The number of nitrogens with zero attached hydrogens (tertiary/aromatic N) is 1. The highest BCUT2D eigenvalue weighted by atomic mass is 19.4. The van der Waals surface area contributed by atoms with Gasteiger partial charge in [0.05, 0.1) is 6.54 Å². The van der Waals surface area contributed by atoms with Gasteiger partial charge in [-0.15, -0.1) is 0 Å². The van der Waals surface area contributed by atoms with E-state index in [1.807, 2.05) is 0 Å². The normalized spacial score (nSPS) is 31.3. The Balaban J connectivity index is 2.01. The average Bonchev–Trinajstić information content (AvgIpc) is 2.91. The van der Waals surface area contributed by atoms with Gasteiger partial charge in [0, 0.05) is 12.1 Å². The Hall–Kier alpha value is -0.290. The van der Waals surface area contributed by atoms with E-state index in [-0.39, 0.29) is 18.0 Å². The van der Waals surface area contributed by atoms with Gasteiger partial charge in [-0.1, -0.05) is 6.42 Å². The molecule has 0 radical (unpaired) electrons. The van der Waals surface area contributed by atoms with E-state index in [2.05, 4.69) is 0 Å². The molecule has 2 rings (SSSR count). The van der Waals surface area contributed by atoms with Gasteiger partial charge in [-0.05, 0) is 38.1 Å². The maximum absolute atomic E-state index is 12.5. The second kappa shape index (κ2) is 4.53. The van der Waals surface area contributed by atoms with Crippen LogP contribution in [0.2, 0.25) is 0 Å². The Labute approximate surface area is 94.0 Å². The number of hydrogen-bond donors (Lipinski definition) is 1. The van der Waals surface area contributed by atoms with Crippen LogP contribution in [0, 0.1) is 5.92 Å². The summed E-state index contributed by atoms with van der Waals surface area (Å²) in [6.45, 7) is -0.232. The fraction of sp³-hybridized carbons (Fsp3) is 1.00. The molecule has 0 amide bonds. The first-order chi connectivity index (χ1) is 7.51. The number of rotatable bonds is 4. The third-order valence-electron chi connectivity index (χ3n) is 3.73. The molecular formula is C11H19F3N2. The SMILES string of the molecule is NCC1CCCC1N(CC(F)(F)F)C1CC1. The molecule has 0 aromatic carbocycles. The lowest BCUT2D eigenvalue weighted by atomic mass is 10.0. The minimum absolute atomic E-state index is 0.0686. The minimum atomic E-state index is -4.08. The third kappa shape index (κ3) is 2.88. The molecular weight excluding hydrogens is 217 g/mol. The maximum atomic E-state index is 12.5. The van der Waals surface area contributed by atoms with E-state index >= 15 is 0 Å². The Morgan fingerprint density at radius 1 is 1.12 bits per heavy atom. The van der Waals surface area contributed by atoms with Gasteiger partial charge in [-0.3, -0.25) is 4.90 Å². The number of hydrogen-bond acceptors (Lipinski definition) is 2. The number of alkyl halides is 3. The van der Waals surface area contributed by atoms with E-state index in [1.54, 1.807) is 4.90 Å². The third-order valence-corrected chi connectivity index (χ3v) is 3.73. The molecule has 16 heavy (non-hydrogen) atoms. The summed E-state index contributed by atoms with van der Waals surface area (Å²) < 4.78 is 37.5. The summed E-state index contributed by atoms with van der Waals surface area (Å²) >= 11 is 0. The monoisotopic (exact) mass is 236 g/mol. The van der Waals surface area contributed by atoms with Gasteiger partial charge in [-0.25, -0.2) is 0 Å². The molecule has 0 saturated heterocycles. The van der Waals surface area contributed by atoms with Crippen molar-refractivity contribution in [3.63, 3.8) is 0 Å². The first-order valence-electron chi connectivity index (χ1n) is 6.04. The first-order valence-corrected chi connectivity index (χ1v) is 6.04. The first kappa shape index (κ1) is 12.2. The lowest BCUT2D eigenvalue weighted by molar-refractivity contribution is -0.153. The maximum Gasteiger partial charge on any atom is 0.401 e. The van der Waals surface area contributed by atoms with E-state index in [0.29, 0.717) is 6.54 Å². The van der Waals surface area contributed by atoms with Crippen molar-refractivity contribution < 1.29 is 13.2 Å². The molecule has 2 aliphatic carbocycles. The highest BCUT2D eigenvalue weighted by molar-refractivity contribution is 4.95. The van der Waals surface area contributed by atoms with Gasteiger partial charge < -0.3 is 5.73 Å². The summed E-state index contributed by atoms with van der Waals surface area (Å²) in [6.07, 6.45) is 0.655. The van der Waals surface area contributed by atoms with E-state index in [1.165, 1.54) is 0 Å². The number of nitrogens with two attached hydrogens (primary N) is 1. The fourth-order valence-electron chi connectivity index (χ4n) is 2.86. The lowest BCUT2D eigenvalue weighted by Crippen LogP contribution is -2.46. The molecule has 2 nitrogen and oxygen atoms in total. The number of halogens is 3. The van der Waals surface area contributed by atoms with Crippen LogP contribution in [0.25, 0.3) is 0 Å². The van der Waals surface area contributed by atoms with Gasteiger partial charge in [0.25, 0.3) is 0 Å². The predicted molar refractivity (Wildman–Crippen MR) is 56.0 cm³/mol. The zero-order chi connectivity index (χ0) is 11.8. The fourth-order valence-corrected chi connectivity index (χ4v) is 2.86. The largest absolute Gasteiger partial charge is 0.401 e. The molecule has 2 fully saturated rings. The quantitative estimate of drug-likeness (QED) is 0.810. The zero-order valence-electron chi connectivity index (χ0n) is 9.34. The van der Waals surface area contributed by atoms with Crippen LogP contribution in [0.4, 0.5) is 13.2 Å². The van der Waals surface area contributed by atoms with Crippen LogP contribution in [0.1, 0.15) is 32.1 Å². The average molecular weight is 236 g/mol. The topological polar surface area (TPSA) is 29.3 Å². The second-order valence-corrected chi connectivity index (χ2v) is 5.01. The Bertz CT molecular complexity index is 238. The van der Waals surface area contributed by atoms with Crippen molar-refractivity contribution >= 4 is 0 Å². The molecule has 0 heterocycles. The summed E-state index contributed by atoms with van der Waals surface area (Å²) in [4.78, 5) is 1.67. The summed E-state index contributed by atoms with van der Waals surface area (Å²) in [6, 6.07) is 0.234. The van der Waals surface area contributed by atoms with Crippen molar-refractivity contribution in [3.8, 4) is 0 Å². The summed E-state index contributed by atoms with van der Waals surface area (Å²) in [5, 5.41) is 0. The zero-order valence-corrected chi connectivity index (χ0v) is 9.34. The smallest absolute Gasteiger partial charge is 0.330 e. The highest BCUT2D eigenvalue weighted by Crippen LogP contribution is 2.38. The van der Waals surface area contributed by atoms with Crippen LogP contribution < -0.4 is 5.73 Å². The highest BCUT2D eigenvalue weighted by Gasteiger charge is 2.44. The van der Waals surface area contributed by atoms with Crippen molar-refractivity contribution in [2.45, 2.75) is 50.4 Å². The van der Waals surface area contributed by atoms with Crippen LogP contribution in [0.3, 0.4) is 0 Å². The van der Waals surface area contributed by atoms with Crippen molar-refractivity contribution in [2.24, 2.45) is 11.7 Å². The van der Waals surface area contributed by atoms with Crippen LogP contribution in [0.5, 0.6) is 0 Å². The van der Waals surface area contributed by atoms with Crippen LogP contribution in [-0.2, 0) is 0 Å². The minimum Gasteiger partial charge on any atom is -0.330 e. The molecule has 0 aliphatic heterocycles. The van der Waals surface area contributed by atoms with Crippen LogP contribution in [-0.4, -0.2) is 36.2 Å². The van der Waals surface area contributed by atoms with E-state index in [9.17, 15) is 13.2 Å². The Kier molecular flexibility index (Phi) is 3.45. The molecule has 2 aliphatic rings. The lowest BCUT2D eigenvalue weighted by Gasteiger charge is -2.33. The van der Waals surface area contributed by atoms with E-state index in [4.69, 9.17) is 5.73 Å². The molecule has 2 N–H and O–H groups in total. The summed E-state index contributed by atoms with van der Waals surface area (Å²) in [5.41, 5.74) is 5.64. The van der Waals surface area contributed by atoms with Crippen molar-refractivity contribution in [2.75, 3.05) is 13.1 Å². The molecule has 5 heteroatoms. The molecule has 0 spiro atoms.